The van der Waals surface area contributed by atoms with Crippen molar-refractivity contribution in [3.63, 3.8) is 0 Å². The van der Waals surface area contributed by atoms with Crippen LogP contribution in [0.15, 0.2) is 48.5 Å². The van der Waals surface area contributed by atoms with Gasteiger partial charge in [0.15, 0.2) is 0 Å². The highest BCUT2D eigenvalue weighted by molar-refractivity contribution is 5.90. The minimum Gasteiger partial charge on any atom is -0.478 e. The van der Waals surface area contributed by atoms with Crippen LogP contribution in [0.2, 0.25) is 0 Å². The van der Waals surface area contributed by atoms with Gasteiger partial charge in [0.05, 0.1) is 17.2 Å². The van der Waals surface area contributed by atoms with Gasteiger partial charge in [-0.05, 0) is 23.8 Å². The average Bonchev–Trinajstić information content (AvgIpc) is 2.39. The molecule has 0 aromatic heterocycles. The molecule has 0 spiro atoms. The van der Waals surface area contributed by atoms with Crippen molar-refractivity contribution in [3.05, 3.63) is 59.7 Å². The molecule has 0 fully saturated rings. The lowest BCUT2D eigenvalue weighted by Gasteiger charge is -2.05. The molecule has 0 aliphatic heterocycles. The summed E-state index contributed by atoms with van der Waals surface area (Å²) in [4.78, 5) is 10.9. The zero-order valence-electron chi connectivity index (χ0n) is 8.92. The van der Waals surface area contributed by atoms with E-state index in [9.17, 15) is 4.79 Å². The molecule has 0 unspecified atom stereocenters. The van der Waals surface area contributed by atoms with E-state index in [1.807, 2.05) is 30.3 Å². The maximum absolute atomic E-state index is 10.9. The van der Waals surface area contributed by atoms with E-state index in [1.165, 1.54) is 18.2 Å². The Balaban J connectivity index is 2.63. The lowest BCUT2D eigenvalue weighted by molar-refractivity contribution is 0.0697. The predicted molar refractivity (Wildman–Crippen MR) is 63.6 cm³/mol. The number of nitrogens with zero attached hydrogens (tertiary/aromatic N) is 1. The van der Waals surface area contributed by atoms with E-state index in [-0.39, 0.29) is 5.56 Å². The number of rotatable bonds is 2. The Bertz CT molecular complexity index is 597. The summed E-state index contributed by atoms with van der Waals surface area (Å²) in [6.45, 7) is 0. The van der Waals surface area contributed by atoms with E-state index >= 15 is 0 Å². The number of carboxylic acid groups (broad SMARTS) is 1. The molecule has 0 saturated carbocycles. The molecule has 0 aliphatic carbocycles. The van der Waals surface area contributed by atoms with Crippen LogP contribution in [0.4, 0.5) is 0 Å². The number of hydrogen-bond acceptors (Lipinski definition) is 2. The third-order valence-electron chi connectivity index (χ3n) is 2.47. The fourth-order valence-corrected chi connectivity index (χ4v) is 1.63. The highest BCUT2D eigenvalue weighted by atomic mass is 16.4. The number of benzene rings is 2. The lowest BCUT2D eigenvalue weighted by Crippen LogP contribution is -1.97. The van der Waals surface area contributed by atoms with Crippen LogP contribution in [0.1, 0.15) is 15.9 Å². The van der Waals surface area contributed by atoms with Gasteiger partial charge in [0.2, 0.25) is 0 Å². The molecule has 82 valence electrons. The van der Waals surface area contributed by atoms with E-state index < -0.39 is 5.97 Å². The second-order valence-corrected chi connectivity index (χ2v) is 3.54. The van der Waals surface area contributed by atoms with E-state index in [0.29, 0.717) is 11.1 Å². The van der Waals surface area contributed by atoms with Crippen LogP contribution < -0.4 is 0 Å². The first-order valence-corrected chi connectivity index (χ1v) is 5.05. The van der Waals surface area contributed by atoms with Gasteiger partial charge in [-0.2, -0.15) is 5.26 Å². The molecule has 0 aliphatic rings. The minimum atomic E-state index is -0.994. The van der Waals surface area contributed by atoms with Gasteiger partial charge in [0.25, 0.3) is 0 Å². The summed E-state index contributed by atoms with van der Waals surface area (Å²) in [5.41, 5.74) is 2.14. The second-order valence-electron chi connectivity index (χ2n) is 3.54. The lowest BCUT2D eigenvalue weighted by atomic mass is 9.98. The van der Waals surface area contributed by atoms with Gasteiger partial charge in [-0.3, -0.25) is 0 Å². The van der Waals surface area contributed by atoms with Crippen molar-refractivity contribution < 1.29 is 9.90 Å². The van der Waals surface area contributed by atoms with E-state index in [2.05, 4.69) is 6.07 Å². The summed E-state index contributed by atoms with van der Waals surface area (Å²) in [6.07, 6.45) is 0. The molecule has 0 bridgehead atoms. The zero-order valence-corrected chi connectivity index (χ0v) is 8.92. The highest BCUT2D eigenvalue weighted by Gasteiger charge is 2.09. The molecule has 0 heterocycles. The van der Waals surface area contributed by atoms with E-state index in [1.54, 1.807) is 0 Å². The smallest absolute Gasteiger partial charge is 0.335 e. The highest BCUT2D eigenvalue weighted by Crippen LogP contribution is 2.24. The summed E-state index contributed by atoms with van der Waals surface area (Å²) in [7, 11) is 0. The quantitative estimate of drug-likeness (QED) is 0.851. The van der Waals surface area contributed by atoms with Crippen LogP contribution in [0.25, 0.3) is 11.1 Å². The average molecular weight is 223 g/mol. The molecule has 2 aromatic carbocycles. The van der Waals surface area contributed by atoms with Crippen LogP contribution >= 0.6 is 0 Å². The van der Waals surface area contributed by atoms with Crippen LogP contribution in [-0.4, -0.2) is 11.1 Å². The standard InChI is InChI=1S/C14H9NO2/c15-9-12-7-6-11(14(16)17)8-13(12)10-4-2-1-3-5-10/h1-8H,(H,16,17). The Morgan fingerprint density at radius 1 is 1.12 bits per heavy atom. The topological polar surface area (TPSA) is 61.1 Å². The Labute approximate surface area is 98.6 Å². The third kappa shape index (κ3) is 2.16. The van der Waals surface area contributed by atoms with E-state index in [4.69, 9.17) is 10.4 Å². The molecule has 17 heavy (non-hydrogen) atoms. The van der Waals surface area contributed by atoms with Gasteiger partial charge in [0, 0.05) is 5.56 Å². The number of carbonyl (C=O) groups is 1. The largest absolute Gasteiger partial charge is 0.478 e. The van der Waals surface area contributed by atoms with Crippen molar-refractivity contribution >= 4 is 5.97 Å². The first-order valence-electron chi connectivity index (χ1n) is 5.05. The van der Waals surface area contributed by atoms with Gasteiger partial charge >= 0.3 is 5.97 Å². The Morgan fingerprint density at radius 2 is 1.82 bits per heavy atom. The molecule has 3 nitrogen and oxygen atoms in total. The van der Waals surface area contributed by atoms with Crippen molar-refractivity contribution in [2.75, 3.05) is 0 Å². The number of aromatic carboxylic acids is 1. The van der Waals surface area contributed by atoms with Crippen LogP contribution in [0.5, 0.6) is 0 Å². The molecule has 0 atom stereocenters. The molecule has 0 saturated heterocycles. The van der Waals surface area contributed by atoms with Gasteiger partial charge in [-0.15, -0.1) is 0 Å². The maximum atomic E-state index is 10.9. The molecular weight excluding hydrogens is 214 g/mol. The Morgan fingerprint density at radius 3 is 2.41 bits per heavy atom. The first kappa shape index (κ1) is 10.9. The molecular formula is C14H9NO2. The zero-order chi connectivity index (χ0) is 12.3. The summed E-state index contributed by atoms with van der Waals surface area (Å²) in [5.74, 6) is -0.994. The fourth-order valence-electron chi connectivity index (χ4n) is 1.63. The predicted octanol–water partition coefficient (Wildman–Crippen LogP) is 2.92. The summed E-state index contributed by atoms with van der Waals surface area (Å²) in [6, 6.07) is 15.8. The minimum absolute atomic E-state index is 0.183. The monoisotopic (exact) mass is 223 g/mol. The number of nitriles is 1. The Hall–Kier alpha value is -2.60. The fraction of sp³-hybridized carbons (Fsp3) is 0. The van der Waals surface area contributed by atoms with E-state index in [0.717, 1.165) is 5.56 Å². The van der Waals surface area contributed by atoms with Crippen LogP contribution in [0.3, 0.4) is 0 Å². The molecule has 0 radical (unpaired) electrons. The van der Waals surface area contributed by atoms with Gasteiger partial charge < -0.3 is 5.11 Å². The van der Waals surface area contributed by atoms with Gasteiger partial charge in [0.1, 0.15) is 0 Å². The first-order chi connectivity index (χ1) is 8.22. The molecule has 2 rings (SSSR count). The summed E-state index contributed by atoms with van der Waals surface area (Å²) >= 11 is 0. The van der Waals surface area contributed by atoms with Crippen molar-refractivity contribution in [3.8, 4) is 17.2 Å². The normalized spacial score (nSPS) is 9.59. The van der Waals surface area contributed by atoms with Crippen molar-refractivity contribution in [1.82, 2.24) is 0 Å². The molecule has 1 N–H and O–H groups in total. The second kappa shape index (κ2) is 4.50. The molecule has 3 heteroatoms. The molecule has 0 amide bonds. The van der Waals surface area contributed by atoms with Crippen molar-refractivity contribution in [2.24, 2.45) is 0 Å². The third-order valence-corrected chi connectivity index (χ3v) is 2.47. The van der Waals surface area contributed by atoms with Crippen molar-refractivity contribution in [1.29, 1.82) is 5.26 Å². The van der Waals surface area contributed by atoms with Crippen molar-refractivity contribution in [2.45, 2.75) is 0 Å². The number of hydrogen-bond donors (Lipinski definition) is 1. The summed E-state index contributed by atoms with van der Waals surface area (Å²) < 4.78 is 0. The maximum Gasteiger partial charge on any atom is 0.335 e. The van der Waals surface area contributed by atoms with Crippen LogP contribution in [-0.2, 0) is 0 Å². The van der Waals surface area contributed by atoms with Crippen LogP contribution in [0, 0.1) is 11.3 Å². The Kier molecular flexibility index (Phi) is 2.89. The van der Waals surface area contributed by atoms with Gasteiger partial charge in [-0.25, -0.2) is 4.79 Å². The molecule has 2 aromatic rings. The SMILES string of the molecule is N#Cc1ccc(C(=O)O)cc1-c1ccccc1. The number of carboxylic acids is 1. The van der Waals surface area contributed by atoms with Gasteiger partial charge in [-0.1, -0.05) is 30.3 Å². The summed E-state index contributed by atoms with van der Waals surface area (Å²) in [5, 5.41) is 17.9.